The van der Waals surface area contributed by atoms with Crippen molar-refractivity contribution in [3.63, 3.8) is 0 Å². The van der Waals surface area contributed by atoms with Crippen LogP contribution >= 0.6 is 0 Å². The maximum absolute atomic E-state index is 12.2. The molecule has 0 atom stereocenters. The molecule has 22 heavy (non-hydrogen) atoms. The Bertz CT molecular complexity index is 565. The van der Waals surface area contributed by atoms with E-state index in [1.807, 2.05) is 6.07 Å². The molecule has 1 aliphatic heterocycles. The number of rotatable bonds is 4. The average Bonchev–Trinajstić information content (AvgIpc) is 2.81. The van der Waals surface area contributed by atoms with E-state index >= 15 is 0 Å². The second kappa shape index (κ2) is 8.08. The van der Waals surface area contributed by atoms with Crippen LogP contribution in [-0.2, 0) is 4.79 Å². The number of carbonyl (C=O) groups excluding carboxylic acids is 1. The van der Waals surface area contributed by atoms with E-state index in [9.17, 15) is 10.1 Å². The van der Waals surface area contributed by atoms with E-state index in [0.717, 1.165) is 31.7 Å². The van der Waals surface area contributed by atoms with Crippen LogP contribution in [-0.4, -0.2) is 31.0 Å². The zero-order valence-electron chi connectivity index (χ0n) is 12.8. The molecule has 1 fully saturated rings. The predicted octanol–water partition coefficient (Wildman–Crippen LogP) is 2.92. The van der Waals surface area contributed by atoms with E-state index in [1.54, 1.807) is 37.6 Å². The van der Waals surface area contributed by atoms with Gasteiger partial charge in [-0.25, -0.2) is 0 Å². The maximum Gasteiger partial charge on any atom is 0.267 e. The van der Waals surface area contributed by atoms with Gasteiger partial charge in [0.05, 0.1) is 7.11 Å². The lowest BCUT2D eigenvalue weighted by atomic mass is 10.2. The fourth-order valence-corrected chi connectivity index (χ4v) is 2.42. The second-order valence-corrected chi connectivity index (χ2v) is 5.29. The van der Waals surface area contributed by atoms with Crippen LogP contribution in [0.15, 0.2) is 36.0 Å². The second-order valence-electron chi connectivity index (χ2n) is 5.29. The predicted molar refractivity (Wildman–Crippen MR) is 85.4 cm³/mol. The summed E-state index contributed by atoms with van der Waals surface area (Å²) in [7, 11) is 1.59. The number of carbonyl (C=O) groups is 1. The molecule has 116 valence electrons. The summed E-state index contributed by atoms with van der Waals surface area (Å²) in [4.78, 5) is 14.3. The number of likely N-dealkylation sites (tertiary alicyclic amines) is 1. The minimum Gasteiger partial charge on any atom is -0.497 e. The fraction of sp³-hybridized carbons (Fsp3) is 0.412. The number of ether oxygens (including phenoxy) is 1. The molecule has 1 N–H and O–H groups in total. The Balaban J connectivity index is 2.02. The summed E-state index contributed by atoms with van der Waals surface area (Å²) in [5.74, 6) is 0.343. The summed E-state index contributed by atoms with van der Waals surface area (Å²) in [5, 5.41) is 12.0. The van der Waals surface area contributed by atoms with E-state index in [-0.39, 0.29) is 11.5 Å². The van der Waals surface area contributed by atoms with Gasteiger partial charge in [0.2, 0.25) is 0 Å². The summed E-state index contributed by atoms with van der Waals surface area (Å²) in [6.07, 6.45) is 6.32. The van der Waals surface area contributed by atoms with Crippen molar-refractivity contribution in [2.45, 2.75) is 25.7 Å². The van der Waals surface area contributed by atoms with Crippen molar-refractivity contribution in [3.8, 4) is 11.8 Å². The van der Waals surface area contributed by atoms with E-state index in [0.29, 0.717) is 5.69 Å². The SMILES string of the molecule is COc1ccc(NC(=O)/C(C#N)=C\N2CCCCCC2)cc1. The summed E-state index contributed by atoms with van der Waals surface area (Å²) in [5.41, 5.74) is 0.778. The first kappa shape index (κ1) is 15.9. The molecule has 0 spiro atoms. The van der Waals surface area contributed by atoms with Crippen molar-refractivity contribution < 1.29 is 9.53 Å². The van der Waals surface area contributed by atoms with Crippen LogP contribution in [0.25, 0.3) is 0 Å². The molecule has 0 bridgehead atoms. The van der Waals surface area contributed by atoms with Gasteiger partial charge in [0.1, 0.15) is 17.4 Å². The van der Waals surface area contributed by atoms with E-state index in [1.165, 1.54) is 12.8 Å². The van der Waals surface area contributed by atoms with Gasteiger partial charge in [0.25, 0.3) is 5.91 Å². The number of nitriles is 1. The normalized spacial score (nSPS) is 15.6. The molecule has 1 aromatic rings. The van der Waals surface area contributed by atoms with Gasteiger partial charge < -0.3 is 15.0 Å². The average molecular weight is 299 g/mol. The van der Waals surface area contributed by atoms with Gasteiger partial charge in [-0.1, -0.05) is 12.8 Å². The Morgan fingerprint density at radius 3 is 2.41 bits per heavy atom. The lowest BCUT2D eigenvalue weighted by Crippen LogP contribution is -2.22. The van der Waals surface area contributed by atoms with Gasteiger partial charge in [-0.2, -0.15) is 5.26 Å². The number of nitrogens with zero attached hydrogens (tertiary/aromatic N) is 2. The third-order valence-corrected chi connectivity index (χ3v) is 3.67. The van der Waals surface area contributed by atoms with Gasteiger partial charge in [-0.15, -0.1) is 0 Å². The highest BCUT2D eigenvalue weighted by Gasteiger charge is 2.13. The molecule has 0 aliphatic carbocycles. The molecule has 1 saturated heterocycles. The molecule has 5 nitrogen and oxygen atoms in total. The zero-order chi connectivity index (χ0) is 15.8. The largest absolute Gasteiger partial charge is 0.497 e. The van der Waals surface area contributed by atoms with Crippen LogP contribution in [0.2, 0.25) is 0 Å². The Morgan fingerprint density at radius 2 is 1.86 bits per heavy atom. The van der Waals surface area contributed by atoms with Crippen molar-refractivity contribution in [2.24, 2.45) is 0 Å². The highest BCUT2D eigenvalue weighted by atomic mass is 16.5. The number of hydrogen-bond acceptors (Lipinski definition) is 4. The minimum atomic E-state index is -0.378. The summed E-state index contributed by atoms with van der Waals surface area (Å²) >= 11 is 0. The highest BCUT2D eigenvalue weighted by Crippen LogP contribution is 2.16. The monoisotopic (exact) mass is 299 g/mol. The Morgan fingerprint density at radius 1 is 1.23 bits per heavy atom. The topological polar surface area (TPSA) is 65.4 Å². The third-order valence-electron chi connectivity index (χ3n) is 3.67. The minimum absolute atomic E-state index is 0.137. The van der Waals surface area contributed by atoms with Crippen LogP contribution in [0.3, 0.4) is 0 Å². The van der Waals surface area contributed by atoms with Crippen LogP contribution in [0.1, 0.15) is 25.7 Å². The number of methoxy groups -OCH3 is 1. The van der Waals surface area contributed by atoms with Gasteiger partial charge in [0, 0.05) is 25.0 Å². The first-order chi connectivity index (χ1) is 10.7. The summed E-state index contributed by atoms with van der Waals surface area (Å²) < 4.78 is 5.07. The molecule has 1 amide bonds. The number of hydrogen-bond donors (Lipinski definition) is 1. The molecule has 0 radical (unpaired) electrons. The third kappa shape index (κ3) is 4.52. The van der Waals surface area contributed by atoms with Crippen molar-refractivity contribution >= 4 is 11.6 Å². The number of anilines is 1. The van der Waals surface area contributed by atoms with Gasteiger partial charge in [-0.3, -0.25) is 4.79 Å². The molecule has 1 aromatic carbocycles. The fourth-order valence-electron chi connectivity index (χ4n) is 2.42. The van der Waals surface area contributed by atoms with Crippen LogP contribution in [0.4, 0.5) is 5.69 Å². The number of benzene rings is 1. The van der Waals surface area contributed by atoms with Gasteiger partial charge >= 0.3 is 0 Å². The number of nitrogens with one attached hydrogen (secondary N) is 1. The first-order valence-electron chi connectivity index (χ1n) is 7.54. The quantitative estimate of drug-likeness (QED) is 0.686. The Labute approximate surface area is 131 Å². The Hall–Kier alpha value is -2.48. The standard InChI is InChI=1S/C17H21N3O2/c1-22-16-8-6-15(7-9-16)19-17(21)14(12-18)13-20-10-4-2-3-5-11-20/h6-9,13H,2-5,10-11H2,1H3,(H,19,21)/b14-13-. The highest BCUT2D eigenvalue weighted by molar-refractivity contribution is 6.06. The maximum atomic E-state index is 12.2. The first-order valence-corrected chi connectivity index (χ1v) is 7.54. The van der Waals surface area contributed by atoms with Crippen LogP contribution < -0.4 is 10.1 Å². The smallest absolute Gasteiger partial charge is 0.267 e. The molecular formula is C17H21N3O2. The molecular weight excluding hydrogens is 278 g/mol. The molecule has 0 saturated carbocycles. The molecule has 1 heterocycles. The molecule has 0 aromatic heterocycles. The van der Waals surface area contributed by atoms with E-state index < -0.39 is 0 Å². The molecule has 0 unspecified atom stereocenters. The summed E-state index contributed by atoms with van der Waals surface area (Å²) in [6, 6.07) is 9.02. The summed E-state index contributed by atoms with van der Waals surface area (Å²) in [6.45, 7) is 1.81. The lowest BCUT2D eigenvalue weighted by Gasteiger charge is -2.17. The Kier molecular flexibility index (Phi) is 5.84. The number of amides is 1. The van der Waals surface area contributed by atoms with Crippen molar-refractivity contribution in [1.82, 2.24) is 4.90 Å². The van der Waals surface area contributed by atoms with E-state index in [2.05, 4.69) is 10.2 Å². The van der Waals surface area contributed by atoms with Gasteiger partial charge in [0.15, 0.2) is 0 Å². The van der Waals surface area contributed by atoms with E-state index in [4.69, 9.17) is 4.74 Å². The van der Waals surface area contributed by atoms with Crippen LogP contribution in [0, 0.1) is 11.3 Å². The van der Waals surface area contributed by atoms with Crippen molar-refractivity contribution in [1.29, 1.82) is 5.26 Å². The lowest BCUT2D eigenvalue weighted by molar-refractivity contribution is -0.112. The molecule has 1 aliphatic rings. The van der Waals surface area contributed by atoms with Crippen LogP contribution in [0.5, 0.6) is 5.75 Å². The molecule has 5 heteroatoms. The van der Waals surface area contributed by atoms with Crippen molar-refractivity contribution in [2.75, 3.05) is 25.5 Å². The van der Waals surface area contributed by atoms with Gasteiger partial charge in [-0.05, 0) is 37.1 Å². The zero-order valence-corrected chi connectivity index (χ0v) is 12.8. The van der Waals surface area contributed by atoms with Crippen molar-refractivity contribution in [3.05, 3.63) is 36.0 Å². The molecule has 2 rings (SSSR count).